The van der Waals surface area contributed by atoms with E-state index in [4.69, 9.17) is 14.0 Å². The number of nitrogens with zero attached hydrogens (tertiary/aromatic N) is 1. The quantitative estimate of drug-likeness (QED) is 0.881. The number of hydrogen-bond donors (Lipinski definition) is 1. The summed E-state index contributed by atoms with van der Waals surface area (Å²) in [6.45, 7) is 5.07. The van der Waals surface area contributed by atoms with Crippen LogP contribution in [0.5, 0.6) is 0 Å². The first-order valence-electron chi connectivity index (χ1n) is 6.63. The second kappa shape index (κ2) is 4.99. The van der Waals surface area contributed by atoms with Gasteiger partial charge in [0, 0.05) is 38.3 Å². The number of aryl methyl sites for hydroxylation is 1. The van der Waals surface area contributed by atoms with Crippen LogP contribution in [0.3, 0.4) is 0 Å². The molecule has 2 unspecified atom stereocenters. The van der Waals surface area contributed by atoms with Crippen LogP contribution in [0, 0.1) is 6.92 Å². The molecule has 2 aliphatic rings. The third-order valence-corrected chi connectivity index (χ3v) is 3.81. The van der Waals surface area contributed by atoms with Gasteiger partial charge < -0.3 is 19.3 Å². The third-order valence-electron chi connectivity index (χ3n) is 3.81. The molecule has 0 amide bonds. The molecule has 0 bridgehead atoms. The summed E-state index contributed by atoms with van der Waals surface area (Å²) in [7, 11) is 0. The highest BCUT2D eigenvalue weighted by molar-refractivity contribution is 5.03. The van der Waals surface area contributed by atoms with Crippen molar-refractivity contribution in [3.8, 4) is 0 Å². The fourth-order valence-electron chi connectivity index (χ4n) is 2.82. The molecule has 0 aromatic carbocycles. The van der Waals surface area contributed by atoms with Crippen molar-refractivity contribution in [1.29, 1.82) is 0 Å². The van der Waals surface area contributed by atoms with Crippen LogP contribution < -0.4 is 5.32 Å². The number of hydrogen-bond acceptors (Lipinski definition) is 5. The van der Waals surface area contributed by atoms with Gasteiger partial charge in [-0.1, -0.05) is 5.16 Å². The Hall–Kier alpha value is -0.910. The van der Waals surface area contributed by atoms with Gasteiger partial charge in [-0.2, -0.15) is 0 Å². The van der Waals surface area contributed by atoms with Crippen LogP contribution in [0.25, 0.3) is 0 Å². The molecule has 1 spiro atoms. The molecule has 0 radical (unpaired) electrons. The van der Waals surface area contributed by atoms with Crippen molar-refractivity contribution in [2.75, 3.05) is 19.8 Å². The maximum absolute atomic E-state index is 5.91. The maximum Gasteiger partial charge on any atom is 0.133 e. The fraction of sp³-hybridized carbons (Fsp3) is 0.769. The van der Waals surface area contributed by atoms with Gasteiger partial charge in [-0.3, -0.25) is 0 Å². The minimum Gasteiger partial charge on any atom is -0.378 e. The van der Waals surface area contributed by atoms with E-state index in [1.165, 1.54) is 0 Å². The van der Waals surface area contributed by atoms with Crippen molar-refractivity contribution in [2.24, 2.45) is 0 Å². The van der Waals surface area contributed by atoms with E-state index in [0.717, 1.165) is 57.1 Å². The van der Waals surface area contributed by atoms with Crippen molar-refractivity contribution in [1.82, 2.24) is 10.5 Å². The molecule has 5 nitrogen and oxygen atoms in total. The van der Waals surface area contributed by atoms with Gasteiger partial charge in [0.1, 0.15) is 5.76 Å². The molecule has 2 atom stereocenters. The summed E-state index contributed by atoms with van der Waals surface area (Å²) in [5.41, 5.74) is 0.936. The Labute approximate surface area is 107 Å². The first-order chi connectivity index (χ1) is 8.76. The van der Waals surface area contributed by atoms with E-state index in [-0.39, 0.29) is 5.60 Å². The van der Waals surface area contributed by atoms with Crippen molar-refractivity contribution in [3.05, 3.63) is 17.5 Å². The van der Waals surface area contributed by atoms with E-state index in [2.05, 4.69) is 10.5 Å². The molecule has 1 aromatic heterocycles. The number of aromatic nitrogens is 1. The van der Waals surface area contributed by atoms with Crippen LogP contribution in [0.1, 0.15) is 30.7 Å². The Bertz CT molecular complexity index is 399. The molecule has 18 heavy (non-hydrogen) atoms. The minimum absolute atomic E-state index is 0.0321. The Balaban J connectivity index is 1.53. The average Bonchev–Trinajstić information content (AvgIpc) is 2.97. The van der Waals surface area contributed by atoms with E-state index >= 15 is 0 Å². The normalized spacial score (nSPS) is 32.2. The molecule has 2 aliphatic heterocycles. The molecule has 3 rings (SSSR count). The van der Waals surface area contributed by atoms with Crippen molar-refractivity contribution in [3.63, 3.8) is 0 Å². The van der Waals surface area contributed by atoms with Gasteiger partial charge in [-0.25, -0.2) is 0 Å². The maximum atomic E-state index is 5.91. The fourth-order valence-corrected chi connectivity index (χ4v) is 2.82. The molecule has 2 saturated heterocycles. The lowest BCUT2D eigenvalue weighted by molar-refractivity contribution is -0.0895. The second-order valence-corrected chi connectivity index (χ2v) is 5.33. The molecule has 0 aliphatic carbocycles. The second-order valence-electron chi connectivity index (χ2n) is 5.33. The summed E-state index contributed by atoms with van der Waals surface area (Å²) >= 11 is 0. The van der Waals surface area contributed by atoms with Crippen LogP contribution in [-0.4, -0.2) is 36.6 Å². The number of nitrogens with one attached hydrogen (secondary N) is 1. The lowest BCUT2D eigenvalue weighted by Gasteiger charge is -2.37. The van der Waals surface area contributed by atoms with Gasteiger partial charge in [-0.15, -0.1) is 0 Å². The van der Waals surface area contributed by atoms with Crippen molar-refractivity contribution in [2.45, 2.75) is 44.4 Å². The molecule has 100 valence electrons. The van der Waals surface area contributed by atoms with E-state index in [9.17, 15) is 0 Å². The number of rotatable bonds is 3. The van der Waals surface area contributed by atoms with Crippen LogP contribution in [0.4, 0.5) is 0 Å². The summed E-state index contributed by atoms with van der Waals surface area (Å²) in [5.74, 6) is 0.861. The molecular weight excluding hydrogens is 232 g/mol. The van der Waals surface area contributed by atoms with Gasteiger partial charge in [0.15, 0.2) is 0 Å². The monoisotopic (exact) mass is 252 g/mol. The van der Waals surface area contributed by atoms with E-state index in [0.29, 0.717) is 6.04 Å². The zero-order chi connectivity index (χ0) is 12.4. The summed E-state index contributed by atoms with van der Waals surface area (Å²) in [6.07, 6.45) is 3.11. The number of ether oxygens (including phenoxy) is 2. The standard InChI is InChI=1S/C13H20N2O3/c1-10-6-12(15-18-10)8-14-11-2-4-17-13(7-11)3-5-16-9-13/h6,11,14H,2-5,7-9H2,1H3. The first kappa shape index (κ1) is 12.1. The summed E-state index contributed by atoms with van der Waals surface area (Å²) in [4.78, 5) is 0. The first-order valence-corrected chi connectivity index (χ1v) is 6.63. The highest BCUT2D eigenvalue weighted by Gasteiger charge is 2.40. The van der Waals surface area contributed by atoms with Crippen LogP contribution in [0.15, 0.2) is 10.6 Å². The highest BCUT2D eigenvalue weighted by Crippen LogP contribution is 2.32. The Morgan fingerprint density at radius 2 is 2.44 bits per heavy atom. The van der Waals surface area contributed by atoms with Gasteiger partial charge in [0.05, 0.1) is 17.9 Å². The minimum atomic E-state index is -0.0321. The van der Waals surface area contributed by atoms with E-state index in [1.54, 1.807) is 0 Å². The Morgan fingerprint density at radius 1 is 1.50 bits per heavy atom. The van der Waals surface area contributed by atoms with Crippen molar-refractivity contribution >= 4 is 0 Å². The average molecular weight is 252 g/mol. The van der Waals surface area contributed by atoms with E-state index in [1.807, 2.05) is 13.0 Å². The van der Waals surface area contributed by atoms with Gasteiger partial charge in [-0.05, 0) is 19.8 Å². The third kappa shape index (κ3) is 2.58. The Kier molecular flexibility index (Phi) is 3.37. The zero-order valence-electron chi connectivity index (χ0n) is 10.8. The van der Waals surface area contributed by atoms with Gasteiger partial charge >= 0.3 is 0 Å². The van der Waals surface area contributed by atoms with Gasteiger partial charge in [0.25, 0.3) is 0 Å². The lowest BCUT2D eigenvalue weighted by atomic mass is 9.89. The topological polar surface area (TPSA) is 56.5 Å². The smallest absolute Gasteiger partial charge is 0.133 e. The largest absolute Gasteiger partial charge is 0.378 e. The summed E-state index contributed by atoms with van der Waals surface area (Å²) < 4.78 is 16.4. The molecule has 1 N–H and O–H groups in total. The lowest BCUT2D eigenvalue weighted by Crippen LogP contribution is -2.47. The van der Waals surface area contributed by atoms with Crippen LogP contribution >= 0.6 is 0 Å². The molecule has 5 heteroatoms. The molecule has 2 fully saturated rings. The van der Waals surface area contributed by atoms with Gasteiger partial charge in [0.2, 0.25) is 0 Å². The summed E-state index contributed by atoms with van der Waals surface area (Å²) in [6, 6.07) is 2.46. The highest BCUT2D eigenvalue weighted by atomic mass is 16.6. The molecular formula is C13H20N2O3. The van der Waals surface area contributed by atoms with Crippen molar-refractivity contribution < 1.29 is 14.0 Å². The van der Waals surface area contributed by atoms with E-state index < -0.39 is 0 Å². The predicted molar refractivity (Wildman–Crippen MR) is 65.2 cm³/mol. The zero-order valence-corrected chi connectivity index (χ0v) is 10.8. The molecule has 0 saturated carbocycles. The molecule has 1 aromatic rings. The van der Waals surface area contributed by atoms with Crippen LogP contribution in [0.2, 0.25) is 0 Å². The Morgan fingerprint density at radius 3 is 3.17 bits per heavy atom. The predicted octanol–water partition coefficient (Wildman–Crippen LogP) is 1.41. The molecule has 3 heterocycles. The SMILES string of the molecule is Cc1cc(CNC2CCOC3(CCOC3)C2)no1. The van der Waals surface area contributed by atoms with Crippen LogP contribution in [-0.2, 0) is 16.0 Å². The summed E-state index contributed by atoms with van der Waals surface area (Å²) in [5, 5.41) is 7.54.